The summed E-state index contributed by atoms with van der Waals surface area (Å²) < 4.78 is 10.9. The van der Waals surface area contributed by atoms with Gasteiger partial charge in [0, 0.05) is 5.92 Å². The lowest BCUT2D eigenvalue weighted by molar-refractivity contribution is 0.173. The van der Waals surface area contributed by atoms with Gasteiger partial charge in [-0.25, -0.2) is 0 Å². The molecule has 3 rings (SSSR count). The molecule has 1 unspecified atom stereocenters. The van der Waals surface area contributed by atoms with Crippen molar-refractivity contribution < 1.29 is 14.6 Å². The van der Waals surface area contributed by atoms with Gasteiger partial charge in [0.2, 0.25) is 6.79 Å². The van der Waals surface area contributed by atoms with Gasteiger partial charge < -0.3 is 19.9 Å². The molecule has 0 aromatic heterocycles. The number of aliphatic hydroxyl groups is 1. The van der Waals surface area contributed by atoms with Gasteiger partial charge >= 0.3 is 0 Å². The summed E-state index contributed by atoms with van der Waals surface area (Å²) in [5.74, 6) is 2.39. The van der Waals surface area contributed by atoms with Crippen LogP contribution in [0.4, 0.5) is 0 Å². The molecule has 0 radical (unpaired) electrons. The molecule has 2 N–H and O–H groups in total. The molecule has 19 heavy (non-hydrogen) atoms. The van der Waals surface area contributed by atoms with Gasteiger partial charge in [-0.2, -0.15) is 0 Å². The Morgan fingerprint density at radius 2 is 1.95 bits per heavy atom. The third-order valence-corrected chi connectivity index (χ3v) is 4.31. The highest BCUT2D eigenvalue weighted by Crippen LogP contribution is 2.40. The maximum atomic E-state index is 9.81. The van der Waals surface area contributed by atoms with E-state index in [2.05, 4.69) is 18.3 Å². The maximum absolute atomic E-state index is 9.81. The first-order valence-electron chi connectivity index (χ1n) is 7.01. The molecule has 2 heterocycles. The highest BCUT2D eigenvalue weighted by atomic mass is 16.7. The Morgan fingerprint density at radius 1 is 1.26 bits per heavy atom. The number of aliphatic hydroxyl groups excluding tert-OH is 1. The lowest BCUT2D eigenvalue weighted by atomic mass is 9.79. The van der Waals surface area contributed by atoms with Gasteiger partial charge in [0.25, 0.3) is 0 Å². The van der Waals surface area contributed by atoms with E-state index in [1.54, 1.807) is 0 Å². The molecule has 1 atom stereocenters. The molecule has 0 bridgehead atoms. The maximum Gasteiger partial charge on any atom is 0.231 e. The molecule has 0 aliphatic carbocycles. The SMILES string of the molecule is Cc1cc2c(cc1C(CO)C1CCNCC1)OCO2. The van der Waals surface area contributed by atoms with E-state index >= 15 is 0 Å². The Kier molecular flexibility index (Phi) is 3.62. The summed E-state index contributed by atoms with van der Waals surface area (Å²) in [6.07, 6.45) is 2.25. The molecule has 104 valence electrons. The summed E-state index contributed by atoms with van der Waals surface area (Å²) in [5.41, 5.74) is 2.39. The molecular formula is C15H21NO3. The molecule has 0 amide bonds. The molecule has 1 aromatic carbocycles. The fraction of sp³-hybridized carbons (Fsp3) is 0.600. The van der Waals surface area contributed by atoms with Crippen LogP contribution < -0.4 is 14.8 Å². The van der Waals surface area contributed by atoms with Crippen molar-refractivity contribution in [1.29, 1.82) is 0 Å². The Labute approximate surface area is 113 Å². The largest absolute Gasteiger partial charge is 0.454 e. The summed E-state index contributed by atoms with van der Waals surface area (Å²) in [5, 5.41) is 13.2. The van der Waals surface area contributed by atoms with Crippen LogP contribution in [0.15, 0.2) is 12.1 Å². The van der Waals surface area contributed by atoms with Gasteiger partial charge in [-0.3, -0.25) is 0 Å². The van der Waals surface area contributed by atoms with Crippen LogP contribution in [0.2, 0.25) is 0 Å². The fourth-order valence-electron chi connectivity index (χ4n) is 3.21. The number of rotatable bonds is 3. The Balaban J connectivity index is 1.90. The van der Waals surface area contributed by atoms with Crippen molar-refractivity contribution in [3.05, 3.63) is 23.3 Å². The predicted octanol–water partition coefficient (Wildman–Crippen LogP) is 1.80. The summed E-state index contributed by atoms with van der Waals surface area (Å²) in [6, 6.07) is 4.09. The zero-order chi connectivity index (χ0) is 13.2. The quantitative estimate of drug-likeness (QED) is 0.873. The van der Waals surface area contributed by atoms with Crippen molar-refractivity contribution in [2.45, 2.75) is 25.7 Å². The second kappa shape index (κ2) is 5.39. The smallest absolute Gasteiger partial charge is 0.231 e. The summed E-state index contributed by atoms with van der Waals surface area (Å²) in [6.45, 7) is 4.68. The molecule has 1 fully saturated rings. The lowest BCUT2D eigenvalue weighted by Gasteiger charge is -2.30. The van der Waals surface area contributed by atoms with Gasteiger partial charge in [-0.15, -0.1) is 0 Å². The first kappa shape index (κ1) is 12.8. The van der Waals surface area contributed by atoms with Crippen molar-refractivity contribution in [3.8, 4) is 11.5 Å². The molecule has 4 heteroatoms. The van der Waals surface area contributed by atoms with Crippen molar-refractivity contribution >= 4 is 0 Å². The predicted molar refractivity (Wildman–Crippen MR) is 72.7 cm³/mol. The van der Waals surface area contributed by atoms with Crippen LogP contribution in [0, 0.1) is 12.8 Å². The van der Waals surface area contributed by atoms with E-state index in [1.165, 1.54) is 11.1 Å². The minimum atomic E-state index is 0.200. The molecule has 0 spiro atoms. The molecule has 1 aromatic rings. The fourth-order valence-corrected chi connectivity index (χ4v) is 3.21. The number of ether oxygens (including phenoxy) is 2. The number of fused-ring (bicyclic) bond motifs is 1. The highest BCUT2D eigenvalue weighted by molar-refractivity contribution is 5.49. The molecule has 0 saturated carbocycles. The normalized spacial score (nSPS) is 20.5. The number of nitrogens with one attached hydrogen (secondary N) is 1. The average molecular weight is 263 g/mol. The van der Waals surface area contributed by atoms with E-state index in [-0.39, 0.29) is 12.5 Å². The van der Waals surface area contributed by atoms with Crippen LogP contribution in [0.1, 0.15) is 29.9 Å². The Bertz CT molecular complexity index is 455. The second-order valence-corrected chi connectivity index (χ2v) is 5.44. The van der Waals surface area contributed by atoms with Crippen LogP contribution in [0.3, 0.4) is 0 Å². The summed E-state index contributed by atoms with van der Waals surface area (Å²) in [4.78, 5) is 0. The second-order valence-electron chi connectivity index (χ2n) is 5.44. The topological polar surface area (TPSA) is 50.7 Å². The zero-order valence-electron chi connectivity index (χ0n) is 11.3. The number of hydrogen-bond acceptors (Lipinski definition) is 4. The number of piperidine rings is 1. The Morgan fingerprint density at radius 3 is 2.63 bits per heavy atom. The average Bonchev–Trinajstić information content (AvgIpc) is 2.88. The molecule has 4 nitrogen and oxygen atoms in total. The van der Waals surface area contributed by atoms with E-state index in [0.717, 1.165) is 37.4 Å². The number of hydrogen-bond donors (Lipinski definition) is 2. The summed E-state index contributed by atoms with van der Waals surface area (Å²) >= 11 is 0. The lowest BCUT2D eigenvalue weighted by Crippen LogP contribution is -2.32. The number of aryl methyl sites for hydroxylation is 1. The Hall–Kier alpha value is -1.26. The van der Waals surface area contributed by atoms with Crippen LogP contribution in [-0.4, -0.2) is 31.6 Å². The summed E-state index contributed by atoms with van der Waals surface area (Å²) in [7, 11) is 0. The molecule has 2 aliphatic heterocycles. The molecule has 2 aliphatic rings. The van der Waals surface area contributed by atoms with Gasteiger partial charge in [0.1, 0.15) is 0 Å². The minimum absolute atomic E-state index is 0.200. The minimum Gasteiger partial charge on any atom is -0.454 e. The van der Waals surface area contributed by atoms with E-state index < -0.39 is 0 Å². The monoisotopic (exact) mass is 263 g/mol. The van der Waals surface area contributed by atoms with E-state index in [0.29, 0.717) is 12.7 Å². The third kappa shape index (κ3) is 2.42. The van der Waals surface area contributed by atoms with Gasteiger partial charge in [0.05, 0.1) is 6.61 Å². The molecular weight excluding hydrogens is 242 g/mol. The van der Waals surface area contributed by atoms with Crippen molar-refractivity contribution in [1.82, 2.24) is 5.32 Å². The van der Waals surface area contributed by atoms with Gasteiger partial charge in [-0.05, 0) is 62.0 Å². The van der Waals surface area contributed by atoms with E-state index in [1.807, 2.05) is 6.07 Å². The number of benzene rings is 1. The van der Waals surface area contributed by atoms with Gasteiger partial charge in [-0.1, -0.05) is 0 Å². The van der Waals surface area contributed by atoms with Crippen molar-refractivity contribution in [2.75, 3.05) is 26.5 Å². The zero-order valence-corrected chi connectivity index (χ0v) is 11.3. The van der Waals surface area contributed by atoms with E-state index in [9.17, 15) is 5.11 Å². The molecule has 1 saturated heterocycles. The van der Waals surface area contributed by atoms with E-state index in [4.69, 9.17) is 9.47 Å². The van der Waals surface area contributed by atoms with Crippen molar-refractivity contribution in [2.24, 2.45) is 5.92 Å². The van der Waals surface area contributed by atoms with Crippen LogP contribution in [0.5, 0.6) is 11.5 Å². The highest BCUT2D eigenvalue weighted by Gasteiger charge is 2.27. The third-order valence-electron chi connectivity index (χ3n) is 4.31. The first-order valence-corrected chi connectivity index (χ1v) is 7.01. The first-order chi connectivity index (χ1) is 9.29. The van der Waals surface area contributed by atoms with Gasteiger partial charge in [0.15, 0.2) is 11.5 Å². The van der Waals surface area contributed by atoms with Crippen LogP contribution in [0.25, 0.3) is 0 Å². The van der Waals surface area contributed by atoms with Crippen LogP contribution in [-0.2, 0) is 0 Å². The van der Waals surface area contributed by atoms with Crippen molar-refractivity contribution in [3.63, 3.8) is 0 Å². The van der Waals surface area contributed by atoms with Crippen LogP contribution >= 0.6 is 0 Å². The standard InChI is InChI=1S/C15H21NO3/c1-10-6-14-15(19-9-18-14)7-12(10)13(8-17)11-2-4-16-5-3-11/h6-7,11,13,16-17H,2-5,8-9H2,1H3.